The molecule has 0 aromatic heterocycles. The molecule has 2 heteroatoms. The van der Waals surface area contributed by atoms with Crippen LogP contribution in [0.15, 0.2) is 59.1 Å². The zero-order chi connectivity index (χ0) is 12.1. The Balaban J connectivity index is 1.92. The van der Waals surface area contributed by atoms with Crippen molar-refractivity contribution in [3.63, 3.8) is 0 Å². The van der Waals surface area contributed by atoms with E-state index >= 15 is 0 Å². The van der Waals surface area contributed by atoms with Crippen LogP contribution in [0.4, 0.5) is 0 Å². The van der Waals surface area contributed by atoms with Gasteiger partial charge in [-0.2, -0.15) is 0 Å². The summed E-state index contributed by atoms with van der Waals surface area (Å²) in [7, 11) is 0. The first-order valence-electron chi connectivity index (χ1n) is 5.78. The zero-order valence-corrected chi connectivity index (χ0v) is 11.4. The van der Waals surface area contributed by atoms with Gasteiger partial charge in [0.15, 0.2) is 0 Å². The Bertz CT molecular complexity index is 450. The van der Waals surface area contributed by atoms with E-state index in [4.69, 9.17) is 0 Å². The zero-order valence-electron chi connectivity index (χ0n) is 9.86. The largest absolute Gasteiger partial charge is 0.306 e. The molecule has 88 valence electrons. The Morgan fingerprint density at radius 2 is 1.65 bits per heavy atom. The van der Waals surface area contributed by atoms with Crippen molar-refractivity contribution in [1.82, 2.24) is 5.32 Å². The van der Waals surface area contributed by atoms with Crippen LogP contribution in [0.1, 0.15) is 24.1 Å². The van der Waals surface area contributed by atoms with Gasteiger partial charge in [0.1, 0.15) is 0 Å². The van der Waals surface area contributed by atoms with Gasteiger partial charge in [0.25, 0.3) is 0 Å². The molecule has 17 heavy (non-hydrogen) atoms. The monoisotopic (exact) mass is 289 g/mol. The lowest BCUT2D eigenvalue weighted by atomic mass is 10.1. The van der Waals surface area contributed by atoms with Crippen LogP contribution in [0, 0.1) is 0 Å². The highest BCUT2D eigenvalue weighted by molar-refractivity contribution is 9.10. The van der Waals surface area contributed by atoms with E-state index in [1.54, 1.807) is 0 Å². The summed E-state index contributed by atoms with van der Waals surface area (Å²) in [6.45, 7) is 3.08. The SMILES string of the molecule is C[C@H](NCc1ccc(Br)cc1)c1ccccc1. The summed E-state index contributed by atoms with van der Waals surface area (Å²) in [5.74, 6) is 0. The molecule has 0 bridgehead atoms. The van der Waals surface area contributed by atoms with E-state index in [0.29, 0.717) is 6.04 Å². The van der Waals surface area contributed by atoms with Crippen molar-refractivity contribution < 1.29 is 0 Å². The van der Waals surface area contributed by atoms with E-state index in [2.05, 4.69) is 76.7 Å². The number of nitrogens with one attached hydrogen (secondary N) is 1. The topological polar surface area (TPSA) is 12.0 Å². The third-order valence-corrected chi connectivity index (χ3v) is 3.35. The standard InChI is InChI=1S/C15H16BrN/c1-12(14-5-3-2-4-6-14)17-11-13-7-9-15(16)10-8-13/h2-10,12,17H,11H2,1H3/t12-/m0/s1. The molecule has 0 radical (unpaired) electrons. The minimum absolute atomic E-state index is 0.375. The van der Waals surface area contributed by atoms with Crippen LogP contribution in [-0.2, 0) is 6.54 Å². The second-order valence-corrected chi connectivity index (χ2v) is 5.06. The molecule has 2 aromatic carbocycles. The van der Waals surface area contributed by atoms with Gasteiger partial charge in [-0.25, -0.2) is 0 Å². The van der Waals surface area contributed by atoms with E-state index in [0.717, 1.165) is 11.0 Å². The minimum atomic E-state index is 0.375. The van der Waals surface area contributed by atoms with E-state index < -0.39 is 0 Å². The smallest absolute Gasteiger partial charge is 0.0294 e. The third kappa shape index (κ3) is 3.69. The lowest BCUT2D eigenvalue weighted by Gasteiger charge is -2.14. The van der Waals surface area contributed by atoms with Crippen LogP contribution >= 0.6 is 15.9 Å². The molecular formula is C15H16BrN. The van der Waals surface area contributed by atoms with Gasteiger partial charge in [-0.1, -0.05) is 58.4 Å². The molecule has 0 saturated carbocycles. The highest BCUT2D eigenvalue weighted by Crippen LogP contribution is 2.14. The normalized spacial score (nSPS) is 12.4. The Morgan fingerprint density at radius 3 is 2.29 bits per heavy atom. The van der Waals surface area contributed by atoms with E-state index in [-0.39, 0.29) is 0 Å². The molecule has 1 nitrogen and oxygen atoms in total. The molecular weight excluding hydrogens is 274 g/mol. The van der Waals surface area contributed by atoms with Gasteiger partial charge >= 0.3 is 0 Å². The molecule has 2 rings (SSSR count). The molecule has 0 aliphatic heterocycles. The fraction of sp³-hybridized carbons (Fsp3) is 0.200. The van der Waals surface area contributed by atoms with Gasteiger partial charge in [0.05, 0.1) is 0 Å². The predicted octanol–water partition coefficient (Wildman–Crippen LogP) is 4.30. The number of rotatable bonds is 4. The molecule has 0 amide bonds. The first kappa shape index (κ1) is 12.3. The Kier molecular flexibility index (Phi) is 4.35. The lowest BCUT2D eigenvalue weighted by molar-refractivity contribution is 0.575. The summed E-state index contributed by atoms with van der Waals surface area (Å²) < 4.78 is 1.12. The molecule has 0 saturated heterocycles. The van der Waals surface area contributed by atoms with Crippen LogP contribution in [0.3, 0.4) is 0 Å². The van der Waals surface area contributed by atoms with Crippen molar-refractivity contribution in [3.05, 3.63) is 70.2 Å². The average Bonchev–Trinajstić information content (AvgIpc) is 2.39. The molecule has 1 atom stereocenters. The van der Waals surface area contributed by atoms with Crippen molar-refractivity contribution in [1.29, 1.82) is 0 Å². The molecule has 0 unspecified atom stereocenters. The van der Waals surface area contributed by atoms with Crippen molar-refractivity contribution in [2.24, 2.45) is 0 Å². The maximum atomic E-state index is 3.52. The van der Waals surface area contributed by atoms with Gasteiger partial charge in [0, 0.05) is 17.1 Å². The molecule has 2 aromatic rings. The number of hydrogen-bond acceptors (Lipinski definition) is 1. The van der Waals surface area contributed by atoms with Crippen LogP contribution in [0.25, 0.3) is 0 Å². The molecule has 0 fully saturated rings. The first-order chi connectivity index (χ1) is 8.25. The summed E-state index contributed by atoms with van der Waals surface area (Å²) in [4.78, 5) is 0. The van der Waals surface area contributed by atoms with Gasteiger partial charge in [-0.05, 0) is 30.2 Å². The van der Waals surface area contributed by atoms with E-state index in [1.807, 2.05) is 6.07 Å². The second kappa shape index (κ2) is 5.99. The number of benzene rings is 2. The van der Waals surface area contributed by atoms with Crippen LogP contribution in [0.2, 0.25) is 0 Å². The fourth-order valence-corrected chi connectivity index (χ4v) is 2.00. The van der Waals surface area contributed by atoms with Crippen molar-refractivity contribution in [3.8, 4) is 0 Å². The summed E-state index contributed by atoms with van der Waals surface area (Å²) in [6, 6.07) is 19.3. The molecule has 0 heterocycles. The van der Waals surface area contributed by atoms with Crippen LogP contribution in [-0.4, -0.2) is 0 Å². The Labute approximate surface area is 111 Å². The maximum Gasteiger partial charge on any atom is 0.0294 e. The van der Waals surface area contributed by atoms with E-state index in [1.165, 1.54) is 11.1 Å². The number of halogens is 1. The minimum Gasteiger partial charge on any atom is -0.306 e. The predicted molar refractivity (Wildman–Crippen MR) is 75.8 cm³/mol. The van der Waals surface area contributed by atoms with Gasteiger partial charge in [-0.3, -0.25) is 0 Å². The molecule has 1 N–H and O–H groups in total. The first-order valence-corrected chi connectivity index (χ1v) is 6.58. The van der Waals surface area contributed by atoms with E-state index in [9.17, 15) is 0 Å². The summed E-state index contributed by atoms with van der Waals surface area (Å²) in [5, 5.41) is 3.52. The van der Waals surface area contributed by atoms with Crippen LogP contribution < -0.4 is 5.32 Å². The van der Waals surface area contributed by atoms with Gasteiger partial charge in [0.2, 0.25) is 0 Å². The highest BCUT2D eigenvalue weighted by atomic mass is 79.9. The maximum absolute atomic E-state index is 3.52. The molecule has 0 aliphatic rings. The third-order valence-electron chi connectivity index (χ3n) is 2.83. The average molecular weight is 290 g/mol. The van der Waals surface area contributed by atoms with Crippen molar-refractivity contribution in [2.45, 2.75) is 19.5 Å². The van der Waals surface area contributed by atoms with Crippen molar-refractivity contribution in [2.75, 3.05) is 0 Å². The van der Waals surface area contributed by atoms with Gasteiger partial charge in [-0.15, -0.1) is 0 Å². The lowest BCUT2D eigenvalue weighted by Crippen LogP contribution is -2.17. The summed E-state index contributed by atoms with van der Waals surface area (Å²) in [5.41, 5.74) is 2.63. The summed E-state index contributed by atoms with van der Waals surface area (Å²) in [6.07, 6.45) is 0. The number of hydrogen-bond donors (Lipinski definition) is 1. The quantitative estimate of drug-likeness (QED) is 0.885. The van der Waals surface area contributed by atoms with Crippen molar-refractivity contribution >= 4 is 15.9 Å². The Hall–Kier alpha value is -1.12. The highest BCUT2D eigenvalue weighted by Gasteiger charge is 2.03. The summed E-state index contributed by atoms with van der Waals surface area (Å²) >= 11 is 3.44. The fourth-order valence-electron chi connectivity index (χ4n) is 1.73. The van der Waals surface area contributed by atoms with Gasteiger partial charge < -0.3 is 5.32 Å². The van der Waals surface area contributed by atoms with Crippen LogP contribution in [0.5, 0.6) is 0 Å². The molecule has 0 aliphatic carbocycles. The Morgan fingerprint density at radius 1 is 1.00 bits per heavy atom. The second-order valence-electron chi connectivity index (χ2n) is 4.14. The molecule has 0 spiro atoms.